The predicted octanol–water partition coefficient (Wildman–Crippen LogP) is 9.11. The van der Waals surface area contributed by atoms with Gasteiger partial charge in [-0.2, -0.15) is 0 Å². The summed E-state index contributed by atoms with van der Waals surface area (Å²) >= 11 is 1.66. The van der Waals surface area contributed by atoms with E-state index in [0.717, 1.165) is 36.9 Å². The van der Waals surface area contributed by atoms with Crippen LogP contribution in [-0.2, 0) is 28.9 Å². The molecular weight excluding hydrogens is 519 g/mol. The number of carbonyl (C=O) groups is 2. The first kappa shape index (κ1) is 38.5. The van der Waals surface area contributed by atoms with Gasteiger partial charge < -0.3 is 19.6 Å². The Morgan fingerprint density at radius 1 is 0.821 bits per heavy atom. The number of hydrogen-bond acceptors (Lipinski definition) is 5. The summed E-state index contributed by atoms with van der Waals surface area (Å²) < 4.78 is 3.60. The molecule has 0 saturated carbocycles. The fourth-order valence-corrected chi connectivity index (χ4v) is 4.51. The molecule has 3 aromatic rings. The molecule has 2 N–H and O–H groups in total. The number of carbonyl (C=O) groups excluding carboxylic acids is 2. The second kappa shape index (κ2) is 24.4. The molecule has 0 aliphatic heterocycles. The van der Waals surface area contributed by atoms with E-state index < -0.39 is 0 Å². The maximum absolute atomic E-state index is 10.6. The van der Waals surface area contributed by atoms with E-state index in [2.05, 4.69) is 94.6 Å². The zero-order chi connectivity index (χ0) is 30.2. The average Bonchev–Trinajstić information content (AvgIpc) is 3.01. The normalized spacial score (nSPS) is 9.08. The van der Waals surface area contributed by atoms with Crippen molar-refractivity contribution in [2.24, 2.45) is 0 Å². The molecule has 4 nitrogen and oxygen atoms in total. The molecule has 0 radical (unpaired) electrons. The van der Waals surface area contributed by atoms with Crippen molar-refractivity contribution in [2.75, 3.05) is 23.8 Å². The molecule has 0 aromatic heterocycles. The number of benzene rings is 3. The van der Waals surface area contributed by atoms with Crippen LogP contribution < -0.4 is 10.0 Å². The third-order valence-corrected chi connectivity index (χ3v) is 6.48. The molecule has 39 heavy (non-hydrogen) atoms. The topological polar surface area (TPSA) is 58.2 Å². The van der Waals surface area contributed by atoms with Crippen LogP contribution >= 0.6 is 21.2 Å². The van der Waals surface area contributed by atoms with Gasteiger partial charge in [0.05, 0.1) is 0 Å². The monoisotopic (exact) mass is 570 g/mol. The van der Waals surface area contributed by atoms with Crippen molar-refractivity contribution in [2.45, 2.75) is 79.0 Å². The summed E-state index contributed by atoms with van der Waals surface area (Å²) in [6.45, 7) is 18.4. The molecule has 3 rings (SSSR count). The third-order valence-electron chi connectivity index (χ3n) is 5.67. The maximum Gasteiger partial charge on any atom is 0.120 e. The summed E-state index contributed by atoms with van der Waals surface area (Å²) in [7, 11) is 4.38. The van der Waals surface area contributed by atoms with Gasteiger partial charge in [0.25, 0.3) is 0 Å². The highest BCUT2D eigenvalue weighted by atomic mass is 32.2. The highest BCUT2D eigenvalue weighted by Gasteiger charge is 2.10. The van der Waals surface area contributed by atoms with Gasteiger partial charge in [0.2, 0.25) is 0 Å². The molecule has 0 spiro atoms. The van der Waals surface area contributed by atoms with Crippen molar-refractivity contribution in [3.8, 4) is 0 Å². The Morgan fingerprint density at radius 3 is 1.95 bits per heavy atom. The zero-order valence-corrected chi connectivity index (χ0v) is 27.6. The lowest BCUT2D eigenvalue weighted by atomic mass is 9.99. The van der Waals surface area contributed by atoms with Crippen molar-refractivity contribution < 1.29 is 9.59 Å². The lowest BCUT2D eigenvalue weighted by Gasteiger charge is -2.16. The van der Waals surface area contributed by atoms with E-state index in [9.17, 15) is 4.79 Å². The lowest BCUT2D eigenvalue weighted by Crippen LogP contribution is -2.01. The summed E-state index contributed by atoms with van der Waals surface area (Å²) in [4.78, 5) is 19.8. The van der Waals surface area contributed by atoms with Crippen molar-refractivity contribution >= 4 is 45.6 Å². The number of rotatable bonds is 10. The fraction of sp³-hybridized carbons (Fsp3) is 0.394. The van der Waals surface area contributed by atoms with Crippen LogP contribution in [0.5, 0.6) is 0 Å². The molecule has 0 saturated heterocycles. The van der Waals surface area contributed by atoms with Crippen LogP contribution in [0.2, 0.25) is 0 Å². The van der Waals surface area contributed by atoms with Crippen molar-refractivity contribution in [3.05, 3.63) is 88.0 Å². The van der Waals surface area contributed by atoms with E-state index in [-0.39, 0.29) is 0 Å². The molecule has 0 aliphatic carbocycles. The molecule has 0 amide bonds. The van der Waals surface area contributed by atoms with Gasteiger partial charge >= 0.3 is 0 Å². The quantitative estimate of drug-likeness (QED) is 0.145. The standard InChI is InChI=1S/C27H32N2OS.2C2H6.CH2O.CH5P/c1-5-23-17-25(13-8-19(23)2)31-29-27-18-26(28-4)20(3)15-24(27)16-22-11-9-21(10-12-22)7-6-14-30;4*1-2/h8-15,17-18,28-29H,5-7,16H2,1-4H3;2*1-2H3;1H2;2H2,1H3. The van der Waals surface area contributed by atoms with Gasteiger partial charge in [0.1, 0.15) is 13.1 Å². The van der Waals surface area contributed by atoms with Crippen LogP contribution in [0.1, 0.15) is 74.4 Å². The summed E-state index contributed by atoms with van der Waals surface area (Å²) in [5.41, 5.74) is 9.98. The van der Waals surface area contributed by atoms with Gasteiger partial charge in [-0.25, -0.2) is 0 Å². The number of anilines is 2. The van der Waals surface area contributed by atoms with E-state index in [1.165, 1.54) is 38.3 Å². The van der Waals surface area contributed by atoms with E-state index in [1.807, 2.05) is 48.2 Å². The third kappa shape index (κ3) is 13.8. The highest BCUT2D eigenvalue weighted by molar-refractivity contribution is 8.00. The van der Waals surface area contributed by atoms with Crippen LogP contribution in [0.15, 0.2) is 59.5 Å². The SMILES string of the molecule is C=O.CC.CC.CCc1cc(SNc2cc(NC)c(C)cc2Cc2ccc(CCC=O)cc2)ccc1C.CP. The van der Waals surface area contributed by atoms with Crippen molar-refractivity contribution in [1.82, 2.24) is 0 Å². The molecule has 1 atom stereocenters. The van der Waals surface area contributed by atoms with Crippen molar-refractivity contribution in [1.29, 1.82) is 0 Å². The number of hydrogen-bond donors (Lipinski definition) is 2. The van der Waals surface area contributed by atoms with Gasteiger partial charge in [0, 0.05) is 29.7 Å². The van der Waals surface area contributed by atoms with Gasteiger partial charge in [-0.3, -0.25) is 0 Å². The minimum atomic E-state index is 0.577. The molecule has 3 aromatic carbocycles. The molecule has 1 unspecified atom stereocenters. The Labute approximate surface area is 245 Å². The van der Waals surface area contributed by atoms with Crippen LogP contribution in [0.25, 0.3) is 0 Å². The smallest absolute Gasteiger partial charge is 0.120 e. The second-order valence-electron chi connectivity index (χ2n) is 7.92. The molecule has 0 heterocycles. The molecular formula is C33H51N2O2PS. The first-order valence-corrected chi connectivity index (χ1v) is 15.7. The minimum absolute atomic E-state index is 0.577. The molecule has 6 heteroatoms. The van der Waals surface area contributed by atoms with Crippen LogP contribution in [0, 0.1) is 13.8 Å². The van der Waals surface area contributed by atoms with Crippen LogP contribution in [-0.4, -0.2) is 26.8 Å². The fourth-order valence-electron chi connectivity index (χ4n) is 3.75. The lowest BCUT2D eigenvalue weighted by molar-refractivity contribution is -0.107. The molecule has 0 bridgehead atoms. The molecule has 0 fully saturated rings. The largest absolute Gasteiger partial charge is 0.388 e. The summed E-state index contributed by atoms with van der Waals surface area (Å²) in [6.07, 6.45) is 4.26. The Hall–Kier alpha value is -2.62. The Bertz CT molecular complexity index is 1060. The summed E-state index contributed by atoms with van der Waals surface area (Å²) in [5.74, 6) is 0. The zero-order valence-electron chi connectivity index (χ0n) is 25.6. The van der Waals surface area contributed by atoms with Crippen LogP contribution in [0.4, 0.5) is 11.4 Å². The first-order valence-electron chi connectivity index (χ1n) is 13.8. The van der Waals surface area contributed by atoms with E-state index in [0.29, 0.717) is 6.42 Å². The molecule has 0 aliphatic rings. The van der Waals surface area contributed by atoms with Gasteiger partial charge in [0.15, 0.2) is 0 Å². The maximum atomic E-state index is 10.6. The summed E-state index contributed by atoms with van der Waals surface area (Å²) in [6, 6.07) is 19.7. The average molecular weight is 571 g/mol. The van der Waals surface area contributed by atoms with Crippen LogP contribution in [0.3, 0.4) is 0 Å². The molecule has 216 valence electrons. The van der Waals surface area contributed by atoms with Crippen molar-refractivity contribution in [3.63, 3.8) is 0 Å². The second-order valence-corrected chi connectivity index (χ2v) is 8.80. The Morgan fingerprint density at radius 2 is 1.41 bits per heavy atom. The first-order chi connectivity index (χ1) is 19.0. The number of aryl methyl sites for hydroxylation is 4. The minimum Gasteiger partial charge on any atom is -0.388 e. The Kier molecular flexibility index (Phi) is 24.1. The van der Waals surface area contributed by atoms with E-state index in [1.54, 1.807) is 11.9 Å². The van der Waals surface area contributed by atoms with Gasteiger partial charge in [-0.15, -0.1) is 9.24 Å². The van der Waals surface area contributed by atoms with Gasteiger partial charge in [-0.05, 0) is 96.6 Å². The van der Waals surface area contributed by atoms with E-state index in [4.69, 9.17) is 4.79 Å². The number of aldehydes is 1. The van der Waals surface area contributed by atoms with E-state index >= 15 is 0 Å². The number of nitrogens with one attached hydrogen (secondary N) is 2. The predicted molar refractivity (Wildman–Crippen MR) is 180 cm³/mol. The highest BCUT2D eigenvalue weighted by Crippen LogP contribution is 2.31. The summed E-state index contributed by atoms with van der Waals surface area (Å²) in [5, 5.41) is 3.30. The Balaban J connectivity index is 0. The van der Waals surface area contributed by atoms with Gasteiger partial charge in [-0.1, -0.05) is 77.7 Å².